The van der Waals surface area contributed by atoms with Gasteiger partial charge in [0.05, 0.1) is 4.90 Å². The van der Waals surface area contributed by atoms with Gasteiger partial charge in [-0.2, -0.15) is 0 Å². The SMILES string of the molecule is CS(=O)(=O)c1ccc(O[C@@H]2CCNC2)cc1. The minimum absolute atomic E-state index is 0.198. The summed E-state index contributed by atoms with van der Waals surface area (Å²) in [6.07, 6.45) is 2.39. The van der Waals surface area contributed by atoms with E-state index in [2.05, 4.69) is 5.32 Å². The van der Waals surface area contributed by atoms with Crippen molar-refractivity contribution in [3.63, 3.8) is 0 Å². The fourth-order valence-electron chi connectivity index (χ4n) is 1.69. The molecule has 1 aromatic carbocycles. The Labute approximate surface area is 95.5 Å². The molecule has 4 nitrogen and oxygen atoms in total. The molecule has 2 rings (SSSR count). The number of hydrogen-bond acceptors (Lipinski definition) is 4. The lowest BCUT2D eigenvalue weighted by atomic mass is 10.3. The van der Waals surface area contributed by atoms with E-state index in [0.29, 0.717) is 4.90 Å². The van der Waals surface area contributed by atoms with E-state index < -0.39 is 9.84 Å². The highest BCUT2D eigenvalue weighted by molar-refractivity contribution is 7.90. The van der Waals surface area contributed by atoms with E-state index in [1.54, 1.807) is 24.3 Å². The van der Waals surface area contributed by atoms with Gasteiger partial charge in [0.15, 0.2) is 9.84 Å². The lowest BCUT2D eigenvalue weighted by Gasteiger charge is -2.12. The predicted octanol–water partition coefficient (Wildman–Crippen LogP) is 0.831. The summed E-state index contributed by atoms with van der Waals surface area (Å²) in [7, 11) is -3.11. The molecular formula is C11H15NO3S. The predicted molar refractivity (Wildman–Crippen MR) is 61.5 cm³/mol. The van der Waals surface area contributed by atoms with Crippen LogP contribution in [0.3, 0.4) is 0 Å². The van der Waals surface area contributed by atoms with E-state index in [1.165, 1.54) is 6.26 Å². The van der Waals surface area contributed by atoms with Crippen molar-refractivity contribution in [1.29, 1.82) is 0 Å². The average Bonchev–Trinajstić information content (AvgIpc) is 2.70. The van der Waals surface area contributed by atoms with Gasteiger partial charge in [-0.15, -0.1) is 0 Å². The van der Waals surface area contributed by atoms with Crippen molar-refractivity contribution in [2.45, 2.75) is 17.4 Å². The highest BCUT2D eigenvalue weighted by Crippen LogP contribution is 2.18. The van der Waals surface area contributed by atoms with Crippen LogP contribution in [0.4, 0.5) is 0 Å². The van der Waals surface area contributed by atoms with E-state index in [4.69, 9.17) is 4.74 Å². The molecule has 0 radical (unpaired) electrons. The summed E-state index contributed by atoms with van der Waals surface area (Å²) in [6.45, 7) is 1.83. The third-order valence-corrected chi connectivity index (χ3v) is 3.70. The molecule has 0 spiro atoms. The topological polar surface area (TPSA) is 55.4 Å². The maximum absolute atomic E-state index is 11.2. The zero-order chi connectivity index (χ0) is 11.6. The molecule has 0 amide bonds. The fraction of sp³-hybridized carbons (Fsp3) is 0.455. The second kappa shape index (κ2) is 4.43. The lowest BCUT2D eigenvalue weighted by molar-refractivity contribution is 0.223. The zero-order valence-electron chi connectivity index (χ0n) is 9.14. The molecular weight excluding hydrogens is 226 g/mol. The van der Waals surface area contributed by atoms with Crippen molar-refractivity contribution in [2.24, 2.45) is 0 Å². The Balaban J connectivity index is 2.07. The summed E-state index contributed by atoms with van der Waals surface area (Å²) in [5, 5.41) is 3.21. The van der Waals surface area contributed by atoms with Crippen LogP contribution in [0.25, 0.3) is 0 Å². The van der Waals surface area contributed by atoms with Gasteiger partial charge in [0.1, 0.15) is 11.9 Å². The summed E-state index contributed by atoms with van der Waals surface area (Å²) in [5.74, 6) is 0.723. The summed E-state index contributed by atoms with van der Waals surface area (Å²) >= 11 is 0. The first kappa shape index (κ1) is 11.4. The first-order valence-corrected chi connectivity index (χ1v) is 7.12. The van der Waals surface area contributed by atoms with Crippen molar-refractivity contribution in [2.75, 3.05) is 19.3 Å². The van der Waals surface area contributed by atoms with Crippen LogP contribution < -0.4 is 10.1 Å². The van der Waals surface area contributed by atoms with Gasteiger partial charge in [0.2, 0.25) is 0 Å². The van der Waals surface area contributed by atoms with Crippen molar-refractivity contribution in [1.82, 2.24) is 5.32 Å². The normalized spacial score (nSPS) is 20.9. The standard InChI is InChI=1S/C11H15NO3S/c1-16(13,14)11-4-2-9(3-5-11)15-10-6-7-12-8-10/h2-5,10,12H,6-8H2,1H3/t10-/m1/s1. The minimum Gasteiger partial charge on any atom is -0.489 e. The average molecular weight is 241 g/mol. The molecule has 0 unspecified atom stereocenters. The number of ether oxygens (including phenoxy) is 1. The third kappa shape index (κ3) is 2.74. The van der Waals surface area contributed by atoms with Crippen LogP contribution >= 0.6 is 0 Å². The third-order valence-electron chi connectivity index (χ3n) is 2.57. The van der Waals surface area contributed by atoms with Crippen molar-refractivity contribution in [3.8, 4) is 5.75 Å². The number of rotatable bonds is 3. The van der Waals surface area contributed by atoms with Crippen LogP contribution in [-0.2, 0) is 9.84 Å². The van der Waals surface area contributed by atoms with Crippen LogP contribution in [0, 0.1) is 0 Å². The Morgan fingerprint density at radius 2 is 2.00 bits per heavy atom. The van der Waals surface area contributed by atoms with E-state index in [-0.39, 0.29) is 6.10 Å². The van der Waals surface area contributed by atoms with Gasteiger partial charge in [-0.25, -0.2) is 8.42 Å². The molecule has 16 heavy (non-hydrogen) atoms. The van der Waals surface area contributed by atoms with Gasteiger partial charge in [0.25, 0.3) is 0 Å². The van der Waals surface area contributed by atoms with Gasteiger partial charge >= 0.3 is 0 Å². The summed E-state index contributed by atoms with van der Waals surface area (Å²) < 4.78 is 28.2. The molecule has 1 aliphatic heterocycles. The van der Waals surface area contributed by atoms with E-state index >= 15 is 0 Å². The van der Waals surface area contributed by atoms with Crippen molar-refractivity contribution >= 4 is 9.84 Å². The largest absolute Gasteiger partial charge is 0.489 e. The molecule has 0 bridgehead atoms. The van der Waals surface area contributed by atoms with E-state index in [9.17, 15) is 8.42 Å². The van der Waals surface area contributed by atoms with Crippen LogP contribution in [-0.4, -0.2) is 33.9 Å². The van der Waals surface area contributed by atoms with Crippen molar-refractivity contribution < 1.29 is 13.2 Å². The summed E-state index contributed by atoms with van der Waals surface area (Å²) in [5.41, 5.74) is 0. The van der Waals surface area contributed by atoms with E-state index in [0.717, 1.165) is 25.3 Å². The molecule has 1 aromatic rings. The minimum atomic E-state index is -3.11. The molecule has 0 aliphatic carbocycles. The Kier molecular flexibility index (Phi) is 3.16. The molecule has 0 saturated carbocycles. The molecule has 1 saturated heterocycles. The molecule has 1 heterocycles. The fourth-order valence-corrected chi connectivity index (χ4v) is 2.32. The van der Waals surface area contributed by atoms with Crippen LogP contribution in [0.5, 0.6) is 5.75 Å². The van der Waals surface area contributed by atoms with Gasteiger partial charge in [-0.3, -0.25) is 0 Å². The highest BCUT2D eigenvalue weighted by atomic mass is 32.2. The van der Waals surface area contributed by atoms with Gasteiger partial charge < -0.3 is 10.1 Å². The summed E-state index contributed by atoms with van der Waals surface area (Å²) in [4.78, 5) is 0.324. The Hall–Kier alpha value is -1.07. The number of benzene rings is 1. The maximum Gasteiger partial charge on any atom is 0.175 e. The molecule has 5 heteroatoms. The van der Waals surface area contributed by atoms with E-state index in [1.807, 2.05) is 0 Å². The molecule has 0 aromatic heterocycles. The molecule has 1 N–H and O–H groups in total. The molecule has 1 atom stereocenters. The maximum atomic E-state index is 11.2. The zero-order valence-corrected chi connectivity index (χ0v) is 9.96. The highest BCUT2D eigenvalue weighted by Gasteiger charge is 2.16. The first-order valence-electron chi connectivity index (χ1n) is 5.23. The van der Waals surface area contributed by atoms with Crippen molar-refractivity contribution in [3.05, 3.63) is 24.3 Å². The Morgan fingerprint density at radius 1 is 1.31 bits per heavy atom. The second-order valence-electron chi connectivity index (χ2n) is 3.98. The Morgan fingerprint density at radius 3 is 2.50 bits per heavy atom. The molecule has 1 fully saturated rings. The van der Waals surface area contributed by atoms with Gasteiger partial charge in [-0.05, 0) is 37.2 Å². The number of sulfone groups is 1. The first-order chi connectivity index (χ1) is 7.55. The molecule has 88 valence electrons. The smallest absolute Gasteiger partial charge is 0.175 e. The Bertz CT molecular complexity index is 447. The van der Waals surface area contributed by atoms with Crippen LogP contribution in [0.1, 0.15) is 6.42 Å². The van der Waals surface area contributed by atoms with Gasteiger partial charge in [0, 0.05) is 12.8 Å². The van der Waals surface area contributed by atoms with Crippen LogP contribution in [0.15, 0.2) is 29.2 Å². The molecule has 1 aliphatic rings. The number of nitrogens with one attached hydrogen (secondary N) is 1. The lowest BCUT2D eigenvalue weighted by Crippen LogP contribution is -2.19. The number of hydrogen-bond donors (Lipinski definition) is 1. The second-order valence-corrected chi connectivity index (χ2v) is 5.99. The monoisotopic (exact) mass is 241 g/mol. The van der Waals surface area contributed by atoms with Crippen LogP contribution in [0.2, 0.25) is 0 Å². The van der Waals surface area contributed by atoms with Gasteiger partial charge in [-0.1, -0.05) is 0 Å². The quantitative estimate of drug-likeness (QED) is 0.851. The summed E-state index contributed by atoms with van der Waals surface area (Å²) in [6, 6.07) is 6.56.